The maximum Gasteiger partial charge on any atom is 0.274 e. The largest absolute Gasteiger partial charge is 0.347 e. The molecule has 0 radical (unpaired) electrons. The Morgan fingerprint density at radius 1 is 1.45 bits per heavy atom. The Balaban J connectivity index is 2.10. The Morgan fingerprint density at radius 3 is 2.90 bits per heavy atom. The number of amides is 1. The van der Waals surface area contributed by atoms with Crippen LogP contribution in [0.5, 0.6) is 0 Å². The number of rotatable bonds is 4. The van der Waals surface area contributed by atoms with Gasteiger partial charge in [-0.3, -0.25) is 9.20 Å². The third-order valence-electron chi connectivity index (χ3n) is 2.44. The molecular weight excluding hydrogens is 280 g/mol. The summed E-state index contributed by atoms with van der Waals surface area (Å²) in [6.07, 6.45) is 7.42. The first kappa shape index (κ1) is 14.2. The second-order valence-corrected chi connectivity index (χ2v) is 6.30. The zero-order valence-electron chi connectivity index (χ0n) is 11.1. The minimum absolute atomic E-state index is 0.108. The molecule has 20 heavy (non-hydrogen) atoms. The normalized spacial score (nSPS) is 12.1. The molecule has 8 heteroatoms. The van der Waals surface area contributed by atoms with Gasteiger partial charge in [-0.25, -0.2) is 18.4 Å². The molecule has 0 atom stereocenters. The molecule has 0 aliphatic heterocycles. The van der Waals surface area contributed by atoms with Crippen LogP contribution in [0.4, 0.5) is 0 Å². The standard InChI is InChI=1S/C12H14N4O3S/c1-9-6-14-11-10(15-8-16(11)7-9)12(17)13-4-3-5-20(2,18)19/h3,5-8H,4H2,1-2H3,(H,13,17)/b5-3+. The van der Waals surface area contributed by atoms with Crippen molar-refractivity contribution in [2.75, 3.05) is 12.8 Å². The van der Waals surface area contributed by atoms with Crippen molar-refractivity contribution in [1.29, 1.82) is 0 Å². The van der Waals surface area contributed by atoms with E-state index in [4.69, 9.17) is 0 Å². The highest BCUT2D eigenvalue weighted by Crippen LogP contribution is 2.07. The highest BCUT2D eigenvalue weighted by atomic mass is 32.2. The van der Waals surface area contributed by atoms with Crippen LogP contribution in [0, 0.1) is 6.92 Å². The first-order valence-corrected chi connectivity index (χ1v) is 7.76. The summed E-state index contributed by atoms with van der Waals surface area (Å²) in [7, 11) is -3.18. The second kappa shape index (κ2) is 5.41. The number of hydrogen-bond acceptors (Lipinski definition) is 5. The fourth-order valence-corrected chi connectivity index (χ4v) is 2.06. The summed E-state index contributed by atoms with van der Waals surface area (Å²) in [4.78, 5) is 20.1. The first-order chi connectivity index (χ1) is 9.37. The van der Waals surface area contributed by atoms with E-state index in [1.807, 2.05) is 13.1 Å². The smallest absolute Gasteiger partial charge is 0.274 e. The molecule has 1 amide bonds. The van der Waals surface area contributed by atoms with E-state index >= 15 is 0 Å². The number of aryl methyl sites for hydroxylation is 1. The van der Waals surface area contributed by atoms with Crippen molar-refractivity contribution >= 4 is 21.4 Å². The zero-order chi connectivity index (χ0) is 14.8. The highest BCUT2D eigenvalue weighted by Gasteiger charge is 2.13. The summed E-state index contributed by atoms with van der Waals surface area (Å²) in [5, 5.41) is 3.60. The van der Waals surface area contributed by atoms with Crippen LogP contribution in [0.15, 0.2) is 30.2 Å². The molecule has 2 aromatic rings. The van der Waals surface area contributed by atoms with Crippen molar-refractivity contribution in [3.63, 3.8) is 0 Å². The van der Waals surface area contributed by atoms with E-state index in [1.54, 1.807) is 10.6 Å². The molecule has 1 N–H and O–H groups in total. The summed E-state index contributed by atoms with van der Waals surface area (Å²) >= 11 is 0. The minimum Gasteiger partial charge on any atom is -0.347 e. The quantitative estimate of drug-likeness (QED) is 0.877. The van der Waals surface area contributed by atoms with E-state index in [0.717, 1.165) is 17.2 Å². The molecule has 0 fully saturated rings. The van der Waals surface area contributed by atoms with Crippen LogP contribution in [-0.2, 0) is 9.84 Å². The van der Waals surface area contributed by atoms with Gasteiger partial charge in [0.1, 0.15) is 6.33 Å². The van der Waals surface area contributed by atoms with Gasteiger partial charge in [0.2, 0.25) is 0 Å². The van der Waals surface area contributed by atoms with Crippen LogP contribution in [0.1, 0.15) is 16.1 Å². The Bertz CT molecular complexity index is 777. The number of fused-ring (bicyclic) bond motifs is 1. The number of hydrogen-bond donors (Lipinski definition) is 1. The number of carbonyl (C=O) groups is 1. The third kappa shape index (κ3) is 3.41. The van der Waals surface area contributed by atoms with Gasteiger partial charge in [-0.05, 0) is 12.5 Å². The SMILES string of the molecule is Cc1cnc2c(C(=O)NC/C=C/S(C)(=O)=O)ncn2c1. The molecule has 106 valence electrons. The summed E-state index contributed by atoms with van der Waals surface area (Å²) in [5.41, 5.74) is 1.62. The molecule has 0 unspecified atom stereocenters. The number of imidazole rings is 1. The monoisotopic (exact) mass is 294 g/mol. The Hall–Kier alpha value is -2.22. The molecule has 0 aliphatic rings. The lowest BCUT2D eigenvalue weighted by atomic mass is 10.3. The van der Waals surface area contributed by atoms with Crippen molar-refractivity contribution in [3.05, 3.63) is 41.5 Å². The summed E-state index contributed by atoms with van der Waals surface area (Å²) < 4.78 is 23.4. The van der Waals surface area contributed by atoms with Gasteiger partial charge in [0.25, 0.3) is 5.91 Å². The highest BCUT2D eigenvalue weighted by molar-refractivity contribution is 7.93. The fraction of sp³-hybridized carbons (Fsp3) is 0.250. The van der Waals surface area contributed by atoms with Crippen LogP contribution >= 0.6 is 0 Å². The van der Waals surface area contributed by atoms with Gasteiger partial charge >= 0.3 is 0 Å². The maximum absolute atomic E-state index is 11.9. The molecular formula is C12H14N4O3S. The summed E-state index contributed by atoms with van der Waals surface area (Å²) in [5.74, 6) is -0.401. The average molecular weight is 294 g/mol. The van der Waals surface area contributed by atoms with Crippen molar-refractivity contribution in [3.8, 4) is 0 Å². The molecule has 0 aliphatic carbocycles. The minimum atomic E-state index is -3.18. The first-order valence-electron chi connectivity index (χ1n) is 5.81. The Morgan fingerprint density at radius 2 is 2.20 bits per heavy atom. The van der Waals surface area contributed by atoms with Crippen LogP contribution in [0.25, 0.3) is 5.65 Å². The molecule has 0 aromatic carbocycles. The zero-order valence-corrected chi connectivity index (χ0v) is 11.9. The number of sulfone groups is 1. The molecule has 2 rings (SSSR count). The van der Waals surface area contributed by atoms with Gasteiger partial charge in [-0.2, -0.15) is 0 Å². The number of nitrogens with zero attached hydrogens (tertiary/aromatic N) is 3. The Kier molecular flexibility index (Phi) is 3.84. The fourth-order valence-electron chi connectivity index (χ4n) is 1.61. The van der Waals surface area contributed by atoms with E-state index in [1.165, 1.54) is 12.4 Å². The van der Waals surface area contributed by atoms with Crippen LogP contribution in [-0.4, -0.2) is 41.5 Å². The molecule has 0 bridgehead atoms. The summed E-state index contributed by atoms with van der Waals surface area (Å²) in [6.45, 7) is 2.00. The van der Waals surface area contributed by atoms with Gasteiger partial charge in [0.15, 0.2) is 21.2 Å². The van der Waals surface area contributed by atoms with Crippen LogP contribution < -0.4 is 5.32 Å². The van der Waals surface area contributed by atoms with Crippen molar-refractivity contribution in [1.82, 2.24) is 19.7 Å². The van der Waals surface area contributed by atoms with E-state index < -0.39 is 15.7 Å². The van der Waals surface area contributed by atoms with E-state index in [2.05, 4.69) is 15.3 Å². The lowest BCUT2D eigenvalue weighted by molar-refractivity contribution is 0.0955. The van der Waals surface area contributed by atoms with Crippen molar-refractivity contribution < 1.29 is 13.2 Å². The maximum atomic E-state index is 11.9. The van der Waals surface area contributed by atoms with Crippen molar-refractivity contribution in [2.45, 2.75) is 6.92 Å². The lowest BCUT2D eigenvalue weighted by Gasteiger charge is -2.00. The van der Waals surface area contributed by atoms with Crippen molar-refractivity contribution in [2.24, 2.45) is 0 Å². The third-order valence-corrected chi connectivity index (χ3v) is 3.13. The molecule has 0 spiro atoms. The van der Waals surface area contributed by atoms with Gasteiger partial charge in [-0.1, -0.05) is 6.08 Å². The van der Waals surface area contributed by atoms with Gasteiger partial charge < -0.3 is 5.32 Å². The van der Waals surface area contributed by atoms with Gasteiger partial charge in [-0.15, -0.1) is 0 Å². The Labute approximate surface area is 116 Å². The molecule has 0 saturated carbocycles. The van der Waals surface area contributed by atoms with Gasteiger partial charge in [0, 0.05) is 30.6 Å². The van der Waals surface area contributed by atoms with Crippen LogP contribution in [0.3, 0.4) is 0 Å². The number of aromatic nitrogens is 3. The topological polar surface area (TPSA) is 93.4 Å². The average Bonchev–Trinajstić information content (AvgIpc) is 2.76. The number of carbonyl (C=O) groups excluding carboxylic acids is 1. The molecule has 2 aromatic heterocycles. The lowest BCUT2D eigenvalue weighted by Crippen LogP contribution is -2.24. The van der Waals surface area contributed by atoms with E-state index in [9.17, 15) is 13.2 Å². The second-order valence-electron chi connectivity index (χ2n) is 4.37. The van der Waals surface area contributed by atoms with Crippen LogP contribution in [0.2, 0.25) is 0 Å². The van der Waals surface area contributed by atoms with E-state index in [0.29, 0.717) is 5.65 Å². The summed E-state index contributed by atoms with van der Waals surface area (Å²) in [6, 6.07) is 0. The van der Waals surface area contributed by atoms with E-state index in [-0.39, 0.29) is 12.2 Å². The molecule has 0 saturated heterocycles. The predicted octanol–water partition coefficient (Wildman–Crippen LogP) is 0.326. The number of nitrogens with one attached hydrogen (secondary N) is 1. The van der Waals surface area contributed by atoms with Gasteiger partial charge in [0.05, 0.1) is 0 Å². The molecule has 2 heterocycles. The predicted molar refractivity (Wildman–Crippen MR) is 74.0 cm³/mol. The molecule has 7 nitrogen and oxygen atoms in total.